The van der Waals surface area contributed by atoms with E-state index < -0.39 is 21.8 Å². The zero-order valence-electron chi connectivity index (χ0n) is 10.5. The van der Waals surface area contributed by atoms with Crippen LogP contribution in [0, 0.1) is 12.3 Å². The van der Waals surface area contributed by atoms with Gasteiger partial charge in [-0.25, -0.2) is 13.2 Å². The van der Waals surface area contributed by atoms with Crippen LogP contribution in [0.25, 0.3) is 0 Å². The number of para-hydroxylation sites is 1. The summed E-state index contributed by atoms with van der Waals surface area (Å²) in [5.74, 6) is 1.07. The predicted molar refractivity (Wildman–Crippen MR) is 72.7 cm³/mol. The van der Waals surface area contributed by atoms with Crippen molar-refractivity contribution in [2.45, 2.75) is 24.3 Å². The highest BCUT2D eigenvalue weighted by atomic mass is 32.2. The van der Waals surface area contributed by atoms with Crippen molar-refractivity contribution in [1.29, 1.82) is 0 Å². The molecule has 1 unspecified atom stereocenters. The second-order valence-electron chi connectivity index (χ2n) is 3.84. The maximum atomic E-state index is 11.9. The van der Waals surface area contributed by atoms with Crippen molar-refractivity contribution >= 4 is 21.5 Å². The summed E-state index contributed by atoms with van der Waals surface area (Å²) in [5, 5.41) is 11.7. The zero-order chi connectivity index (χ0) is 14.5. The van der Waals surface area contributed by atoms with Crippen molar-refractivity contribution in [3.63, 3.8) is 0 Å². The van der Waals surface area contributed by atoms with Crippen LogP contribution in [0.2, 0.25) is 0 Å². The normalized spacial score (nSPS) is 12.4. The third kappa shape index (κ3) is 3.73. The van der Waals surface area contributed by atoms with E-state index in [1.54, 1.807) is 12.1 Å². The highest BCUT2D eigenvalue weighted by Crippen LogP contribution is 2.23. The van der Waals surface area contributed by atoms with Crippen LogP contribution in [0.3, 0.4) is 0 Å². The molecule has 0 saturated carbocycles. The van der Waals surface area contributed by atoms with E-state index in [0.29, 0.717) is 0 Å². The van der Waals surface area contributed by atoms with Gasteiger partial charge in [0.15, 0.2) is 9.84 Å². The first-order valence-electron chi connectivity index (χ1n) is 5.67. The van der Waals surface area contributed by atoms with E-state index >= 15 is 0 Å². The van der Waals surface area contributed by atoms with Gasteiger partial charge in [0.25, 0.3) is 0 Å². The maximum absolute atomic E-state index is 11.9. The molecule has 1 aromatic carbocycles. The number of hydrogen-bond acceptors (Lipinski definition) is 4. The summed E-state index contributed by atoms with van der Waals surface area (Å²) in [6, 6.07) is 5.17. The first kappa shape index (κ1) is 15.1. The van der Waals surface area contributed by atoms with E-state index in [9.17, 15) is 13.2 Å². The van der Waals surface area contributed by atoms with Crippen molar-refractivity contribution in [3.05, 3.63) is 24.3 Å². The third-order valence-corrected chi connectivity index (χ3v) is 4.34. The minimum atomic E-state index is -3.42. The molecule has 5 nitrogen and oxygen atoms in total. The molecule has 1 aromatic rings. The number of benzene rings is 1. The Morgan fingerprint density at radius 2 is 2.11 bits per heavy atom. The van der Waals surface area contributed by atoms with Gasteiger partial charge in [0.1, 0.15) is 6.04 Å². The highest BCUT2D eigenvalue weighted by Gasteiger charge is 2.21. The molecular weight excluding hydrogens is 266 g/mol. The fraction of sp³-hybridized carbons (Fsp3) is 0.308. The van der Waals surface area contributed by atoms with Crippen LogP contribution in [0.4, 0.5) is 5.69 Å². The van der Waals surface area contributed by atoms with Gasteiger partial charge >= 0.3 is 5.97 Å². The van der Waals surface area contributed by atoms with Gasteiger partial charge in [-0.05, 0) is 12.1 Å². The largest absolute Gasteiger partial charge is 0.480 e. The standard InChI is InChI=1S/C13H15NO4S/c1-3-7-11(13(15)16)14-10-8-5-6-9-12(10)19(17,18)4-2/h1,5-6,8-9,11,14H,4,7H2,2H3,(H,15,16). The number of anilines is 1. The number of sulfone groups is 1. The molecule has 0 saturated heterocycles. The lowest BCUT2D eigenvalue weighted by Gasteiger charge is -2.16. The van der Waals surface area contributed by atoms with Gasteiger partial charge in [0.2, 0.25) is 0 Å². The van der Waals surface area contributed by atoms with Crippen molar-refractivity contribution in [3.8, 4) is 12.3 Å². The van der Waals surface area contributed by atoms with Gasteiger partial charge < -0.3 is 10.4 Å². The molecule has 0 amide bonds. The molecule has 102 valence electrons. The van der Waals surface area contributed by atoms with E-state index in [0.717, 1.165) is 0 Å². The maximum Gasteiger partial charge on any atom is 0.327 e. The summed E-state index contributed by atoms with van der Waals surface area (Å²) in [5.41, 5.74) is 0.256. The van der Waals surface area contributed by atoms with Gasteiger partial charge in [-0.15, -0.1) is 12.3 Å². The predicted octanol–water partition coefficient (Wildman–Crippen LogP) is 1.37. The second-order valence-corrected chi connectivity index (χ2v) is 6.09. The quantitative estimate of drug-likeness (QED) is 0.769. The highest BCUT2D eigenvalue weighted by molar-refractivity contribution is 7.91. The minimum Gasteiger partial charge on any atom is -0.480 e. The number of rotatable bonds is 6. The van der Waals surface area contributed by atoms with Crippen molar-refractivity contribution in [1.82, 2.24) is 0 Å². The number of nitrogens with one attached hydrogen (secondary N) is 1. The summed E-state index contributed by atoms with van der Waals surface area (Å²) in [6.45, 7) is 1.53. The lowest BCUT2D eigenvalue weighted by molar-refractivity contribution is -0.137. The van der Waals surface area contributed by atoms with Gasteiger partial charge in [0, 0.05) is 6.42 Å². The van der Waals surface area contributed by atoms with Crippen LogP contribution in [-0.2, 0) is 14.6 Å². The molecule has 6 heteroatoms. The zero-order valence-corrected chi connectivity index (χ0v) is 11.3. The lowest BCUT2D eigenvalue weighted by atomic mass is 10.2. The number of carboxylic acids is 1. The number of hydrogen-bond donors (Lipinski definition) is 2. The minimum absolute atomic E-state index is 0.0319. The molecule has 0 fully saturated rings. The lowest BCUT2D eigenvalue weighted by Crippen LogP contribution is -2.29. The van der Waals surface area contributed by atoms with Crippen LogP contribution < -0.4 is 5.32 Å². The second kappa shape index (κ2) is 6.25. The molecule has 0 heterocycles. The molecular formula is C13H15NO4S. The fourth-order valence-corrected chi connectivity index (χ4v) is 2.58. The van der Waals surface area contributed by atoms with E-state index in [2.05, 4.69) is 11.2 Å². The fourth-order valence-electron chi connectivity index (χ4n) is 1.52. The summed E-state index contributed by atoms with van der Waals surface area (Å²) in [4.78, 5) is 11.1. The third-order valence-electron chi connectivity index (χ3n) is 2.55. The van der Waals surface area contributed by atoms with Gasteiger partial charge in [-0.2, -0.15) is 0 Å². The molecule has 0 aliphatic carbocycles. The molecule has 1 atom stereocenters. The Hall–Kier alpha value is -2.00. The molecule has 0 bridgehead atoms. The van der Waals surface area contributed by atoms with Gasteiger partial charge in [-0.1, -0.05) is 19.1 Å². The van der Waals surface area contributed by atoms with E-state index in [-0.39, 0.29) is 22.8 Å². The molecule has 2 N–H and O–H groups in total. The Morgan fingerprint density at radius 1 is 1.47 bits per heavy atom. The van der Waals surface area contributed by atoms with Crippen molar-refractivity contribution < 1.29 is 18.3 Å². The smallest absolute Gasteiger partial charge is 0.327 e. The summed E-state index contributed by atoms with van der Waals surface area (Å²) in [7, 11) is -3.42. The van der Waals surface area contributed by atoms with E-state index in [1.807, 2.05) is 0 Å². The van der Waals surface area contributed by atoms with Crippen LogP contribution in [0.5, 0.6) is 0 Å². The molecule has 0 spiro atoms. The number of carbonyl (C=O) groups is 1. The number of carboxylic acid groups (broad SMARTS) is 1. The SMILES string of the molecule is C#CCC(Nc1ccccc1S(=O)(=O)CC)C(=O)O. The monoisotopic (exact) mass is 281 g/mol. The first-order chi connectivity index (χ1) is 8.92. The molecule has 1 rings (SSSR count). The average molecular weight is 281 g/mol. The van der Waals surface area contributed by atoms with Crippen LogP contribution >= 0.6 is 0 Å². The molecule has 19 heavy (non-hydrogen) atoms. The Kier molecular flexibility index (Phi) is 4.95. The molecule has 0 radical (unpaired) electrons. The van der Waals surface area contributed by atoms with E-state index in [1.165, 1.54) is 19.1 Å². The summed E-state index contributed by atoms with van der Waals surface area (Å²) < 4.78 is 23.8. The summed E-state index contributed by atoms with van der Waals surface area (Å²) >= 11 is 0. The Morgan fingerprint density at radius 3 is 2.63 bits per heavy atom. The summed E-state index contributed by atoms with van der Waals surface area (Å²) in [6.07, 6.45) is 5.07. The molecule has 0 aliphatic heterocycles. The number of terminal acetylenes is 1. The first-order valence-corrected chi connectivity index (χ1v) is 7.32. The van der Waals surface area contributed by atoms with Crippen LogP contribution in [-0.4, -0.2) is 31.3 Å². The van der Waals surface area contributed by atoms with E-state index in [4.69, 9.17) is 11.5 Å². The van der Waals surface area contributed by atoms with Crippen LogP contribution in [0.15, 0.2) is 29.2 Å². The van der Waals surface area contributed by atoms with Crippen LogP contribution in [0.1, 0.15) is 13.3 Å². The topological polar surface area (TPSA) is 83.5 Å². The average Bonchev–Trinajstić information content (AvgIpc) is 2.38. The number of aliphatic carboxylic acids is 1. The molecule has 0 aliphatic rings. The Labute approximate surface area is 112 Å². The Balaban J connectivity index is 3.15. The Bertz CT molecular complexity index is 601. The van der Waals surface area contributed by atoms with Crippen molar-refractivity contribution in [2.75, 3.05) is 11.1 Å². The molecule has 0 aromatic heterocycles. The van der Waals surface area contributed by atoms with Gasteiger partial charge in [-0.3, -0.25) is 0 Å². The van der Waals surface area contributed by atoms with Crippen molar-refractivity contribution in [2.24, 2.45) is 0 Å². The van der Waals surface area contributed by atoms with Gasteiger partial charge in [0.05, 0.1) is 16.3 Å².